The maximum Gasteiger partial charge on any atom is 0.252 e. The van der Waals surface area contributed by atoms with E-state index >= 15 is 0 Å². The van der Waals surface area contributed by atoms with Gasteiger partial charge in [-0.25, -0.2) is 0 Å². The van der Waals surface area contributed by atoms with Gasteiger partial charge in [0.2, 0.25) is 0 Å². The molecule has 17 heavy (non-hydrogen) atoms. The molecule has 0 aromatic heterocycles. The van der Waals surface area contributed by atoms with E-state index in [4.69, 9.17) is 0 Å². The third-order valence-corrected chi connectivity index (χ3v) is 4.00. The summed E-state index contributed by atoms with van der Waals surface area (Å²) >= 11 is 3.44. The summed E-state index contributed by atoms with van der Waals surface area (Å²) in [4.78, 5) is 12.1. The molecular weight excluding hydrogens is 278 g/mol. The monoisotopic (exact) mass is 295 g/mol. The molecular formula is C14H18BrNO. The molecule has 0 atom stereocenters. The van der Waals surface area contributed by atoms with Gasteiger partial charge < -0.3 is 5.32 Å². The summed E-state index contributed by atoms with van der Waals surface area (Å²) in [6, 6.07) is 6.23. The lowest BCUT2D eigenvalue weighted by molar-refractivity contribution is 0.0927. The van der Waals surface area contributed by atoms with E-state index in [-0.39, 0.29) is 5.91 Å². The fourth-order valence-electron chi connectivity index (χ4n) is 2.32. The topological polar surface area (TPSA) is 29.1 Å². The highest BCUT2D eigenvalue weighted by Crippen LogP contribution is 2.21. The predicted octanol–water partition coefficient (Wildman–Crippen LogP) is 3.82. The van der Waals surface area contributed by atoms with Crippen LogP contribution in [0.5, 0.6) is 0 Å². The molecule has 0 bridgehead atoms. The van der Waals surface area contributed by atoms with Crippen molar-refractivity contribution < 1.29 is 4.79 Å². The Labute approximate surface area is 111 Å². The quantitative estimate of drug-likeness (QED) is 0.883. The molecule has 1 N–H and O–H groups in total. The Kier molecular flexibility index (Phi) is 4.21. The molecule has 1 aliphatic carbocycles. The Morgan fingerprint density at radius 2 is 2.00 bits per heavy atom. The van der Waals surface area contributed by atoms with Crippen LogP contribution in [0.1, 0.15) is 48.0 Å². The average Bonchev–Trinajstić information content (AvgIpc) is 2.33. The van der Waals surface area contributed by atoms with Gasteiger partial charge in [0.25, 0.3) is 5.91 Å². The second-order valence-electron chi connectivity index (χ2n) is 4.79. The zero-order chi connectivity index (χ0) is 12.3. The molecule has 2 nitrogen and oxygen atoms in total. The molecule has 1 aliphatic rings. The van der Waals surface area contributed by atoms with Crippen LogP contribution in [-0.2, 0) is 0 Å². The number of benzene rings is 1. The largest absolute Gasteiger partial charge is 0.349 e. The van der Waals surface area contributed by atoms with Crippen LogP contribution in [0.4, 0.5) is 0 Å². The Bertz CT molecular complexity index is 411. The van der Waals surface area contributed by atoms with Crippen LogP contribution in [0.25, 0.3) is 0 Å². The van der Waals surface area contributed by atoms with E-state index in [1.165, 1.54) is 19.3 Å². The van der Waals surface area contributed by atoms with Crippen molar-refractivity contribution in [3.8, 4) is 0 Å². The number of aryl methyl sites for hydroxylation is 1. The van der Waals surface area contributed by atoms with Crippen LogP contribution in [0.2, 0.25) is 0 Å². The third-order valence-electron chi connectivity index (χ3n) is 3.31. The SMILES string of the molecule is Cc1ccc(Br)c(C(=O)NC2CCCCC2)c1. The van der Waals surface area contributed by atoms with Gasteiger partial charge in [0, 0.05) is 10.5 Å². The molecule has 1 aromatic carbocycles. The zero-order valence-corrected chi connectivity index (χ0v) is 11.7. The van der Waals surface area contributed by atoms with Crippen LogP contribution >= 0.6 is 15.9 Å². The minimum absolute atomic E-state index is 0.0486. The first-order valence-corrected chi connectivity index (χ1v) is 7.03. The van der Waals surface area contributed by atoms with Gasteiger partial charge in [-0.2, -0.15) is 0 Å². The fourth-order valence-corrected chi connectivity index (χ4v) is 2.75. The molecule has 2 rings (SSSR count). The van der Waals surface area contributed by atoms with Crippen molar-refractivity contribution >= 4 is 21.8 Å². The molecule has 0 saturated heterocycles. The normalized spacial score (nSPS) is 16.8. The van der Waals surface area contributed by atoms with Crippen molar-refractivity contribution in [1.29, 1.82) is 0 Å². The van der Waals surface area contributed by atoms with Gasteiger partial charge in [-0.1, -0.05) is 30.9 Å². The van der Waals surface area contributed by atoms with Crippen molar-refractivity contribution in [2.45, 2.75) is 45.1 Å². The van der Waals surface area contributed by atoms with E-state index in [9.17, 15) is 4.79 Å². The van der Waals surface area contributed by atoms with Gasteiger partial charge in [0.15, 0.2) is 0 Å². The molecule has 1 aromatic rings. The van der Waals surface area contributed by atoms with E-state index in [0.29, 0.717) is 6.04 Å². The molecule has 0 unspecified atom stereocenters. The van der Waals surface area contributed by atoms with Crippen LogP contribution in [0, 0.1) is 6.92 Å². The van der Waals surface area contributed by atoms with E-state index in [2.05, 4.69) is 21.2 Å². The van der Waals surface area contributed by atoms with E-state index in [1.54, 1.807) is 0 Å². The molecule has 0 aliphatic heterocycles. The summed E-state index contributed by atoms with van der Waals surface area (Å²) < 4.78 is 0.872. The van der Waals surface area contributed by atoms with Crippen molar-refractivity contribution in [3.05, 3.63) is 33.8 Å². The van der Waals surface area contributed by atoms with E-state index < -0.39 is 0 Å². The number of carbonyl (C=O) groups excluding carboxylic acids is 1. The van der Waals surface area contributed by atoms with Crippen molar-refractivity contribution in [2.75, 3.05) is 0 Å². The maximum absolute atomic E-state index is 12.1. The molecule has 0 spiro atoms. The highest BCUT2D eigenvalue weighted by Gasteiger charge is 2.17. The summed E-state index contributed by atoms with van der Waals surface area (Å²) in [7, 11) is 0. The fraction of sp³-hybridized carbons (Fsp3) is 0.500. The highest BCUT2D eigenvalue weighted by atomic mass is 79.9. The highest BCUT2D eigenvalue weighted by molar-refractivity contribution is 9.10. The third kappa shape index (κ3) is 3.32. The number of nitrogens with one attached hydrogen (secondary N) is 1. The first kappa shape index (κ1) is 12.6. The predicted molar refractivity (Wildman–Crippen MR) is 73.2 cm³/mol. The lowest BCUT2D eigenvalue weighted by Gasteiger charge is -2.23. The van der Waals surface area contributed by atoms with Crippen LogP contribution in [-0.4, -0.2) is 11.9 Å². The van der Waals surface area contributed by atoms with Gasteiger partial charge in [-0.3, -0.25) is 4.79 Å². The number of hydrogen-bond acceptors (Lipinski definition) is 1. The second-order valence-corrected chi connectivity index (χ2v) is 5.65. The number of amides is 1. The van der Waals surface area contributed by atoms with Crippen molar-refractivity contribution in [3.63, 3.8) is 0 Å². The van der Waals surface area contributed by atoms with Gasteiger partial charge in [0.1, 0.15) is 0 Å². The summed E-state index contributed by atoms with van der Waals surface area (Å²) in [5.74, 6) is 0.0486. The standard InChI is InChI=1S/C14H18BrNO/c1-10-7-8-13(15)12(9-10)14(17)16-11-5-3-2-4-6-11/h7-9,11H,2-6H2,1H3,(H,16,17). The van der Waals surface area contributed by atoms with Crippen molar-refractivity contribution in [1.82, 2.24) is 5.32 Å². The Morgan fingerprint density at radius 3 is 2.71 bits per heavy atom. The molecule has 92 valence electrons. The first-order chi connectivity index (χ1) is 8.16. The maximum atomic E-state index is 12.1. The van der Waals surface area contributed by atoms with Gasteiger partial charge in [-0.15, -0.1) is 0 Å². The smallest absolute Gasteiger partial charge is 0.252 e. The lowest BCUT2D eigenvalue weighted by Crippen LogP contribution is -2.36. The van der Waals surface area contributed by atoms with Gasteiger partial charge in [0.05, 0.1) is 5.56 Å². The minimum Gasteiger partial charge on any atom is -0.349 e. The summed E-state index contributed by atoms with van der Waals surface area (Å²) in [5, 5.41) is 3.13. The first-order valence-electron chi connectivity index (χ1n) is 6.24. The van der Waals surface area contributed by atoms with Crippen molar-refractivity contribution in [2.24, 2.45) is 0 Å². The Balaban J connectivity index is 2.05. The number of hydrogen-bond donors (Lipinski definition) is 1. The molecule has 1 amide bonds. The molecule has 0 radical (unpaired) electrons. The van der Waals surface area contributed by atoms with Gasteiger partial charge in [-0.05, 0) is 47.8 Å². The van der Waals surface area contributed by atoms with E-state index in [0.717, 1.165) is 28.4 Å². The summed E-state index contributed by atoms with van der Waals surface area (Å²) in [6.07, 6.45) is 6.02. The molecule has 3 heteroatoms. The Hall–Kier alpha value is -0.830. The summed E-state index contributed by atoms with van der Waals surface area (Å²) in [6.45, 7) is 2.00. The molecule has 1 saturated carbocycles. The Morgan fingerprint density at radius 1 is 1.29 bits per heavy atom. The molecule has 1 fully saturated rings. The average molecular weight is 296 g/mol. The number of rotatable bonds is 2. The van der Waals surface area contributed by atoms with Crippen LogP contribution in [0.3, 0.4) is 0 Å². The zero-order valence-electron chi connectivity index (χ0n) is 10.1. The second kappa shape index (κ2) is 5.67. The van der Waals surface area contributed by atoms with Crippen LogP contribution < -0.4 is 5.32 Å². The van der Waals surface area contributed by atoms with Crippen LogP contribution in [0.15, 0.2) is 22.7 Å². The minimum atomic E-state index is 0.0486. The van der Waals surface area contributed by atoms with Gasteiger partial charge >= 0.3 is 0 Å². The van der Waals surface area contributed by atoms with E-state index in [1.807, 2.05) is 25.1 Å². The summed E-state index contributed by atoms with van der Waals surface area (Å²) in [5.41, 5.74) is 1.86. The number of halogens is 1. The molecule has 0 heterocycles. The lowest BCUT2D eigenvalue weighted by atomic mass is 9.95. The number of carbonyl (C=O) groups is 1.